The predicted octanol–water partition coefficient (Wildman–Crippen LogP) is -0.0600. The molecular weight excluding hydrogens is 206 g/mol. The second-order valence-electron chi connectivity index (χ2n) is 3.94. The number of carboxylic acid groups (broad SMARTS) is 1. The largest absolute Gasteiger partial charge is 0.480 e. The number of carboxylic acids is 1. The number of rotatable bonds is 3. The zero-order valence-corrected chi connectivity index (χ0v) is 8.97. The van der Waals surface area contributed by atoms with Crippen LogP contribution < -0.4 is 5.32 Å². The first-order valence-electron chi connectivity index (χ1n) is 5.33. The van der Waals surface area contributed by atoms with Gasteiger partial charge in [-0.25, -0.2) is 0 Å². The summed E-state index contributed by atoms with van der Waals surface area (Å²) in [5.41, 5.74) is 1.12. The molecule has 1 atom stereocenters. The molecule has 0 amide bonds. The van der Waals surface area contributed by atoms with Gasteiger partial charge in [-0.05, 0) is 11.6 Å². The third-order valence-corrected chi connectivity index (χ3v) is 2.69. The van der Waals surface area contributed by atoms with Crippen LogP contribution in [0.25, 0.3) is 0 Å². The molecule has 2 heterocycles. The molecule has 0 aromatic carbocycles. The quantitative estimate of drug-likeness (QED) is 0.748. The van der Waals surface area contributed by atoms with E-state index in [0.717, 1.165) is 25.2 Å². The van der Waals surface area contributed by atoms with Crippen LogP contribution in [-0.4, -0.2) is 46.6 Å². The molecule has 0 bridgehead atoms. The molecule has 2 rings (SSSR count). The zero-order valence-electron chi connectivity index (χ0n) is 8.97. The van der Waals surface area contributed by atoms with Crippen molar-refractivity contribution in [3.8, 4) is 0 Å². The number of pyridine rings is 1. The van der Waals surface area contributed by atoms with Crippen LogP contribution in [0.15, 0.2) is 24.5 Å². The molecule has 1 aliphatic rings. The van der Waals surface area contributed by atoms with Crippen molar-refractivity contribution in [2.45, 2.75) is 12.6 Å². The van der Waals surface area contributed by atoms with Crippen molar-refractivity contribution in [3.05, 3.63) is 30.1 Å². The third kappa shape index (κ3) is 2.77. The monoisotopic (exact) mass is 221 g/mol. The maximum Gasteiger partial charge on any atom is 0.322 e. The summed E-state index contributed by atoms with van der Waals surface area (Å²) >= 11 is 0. The summed E-state index contributed by atoms with van der Waals surface area (Å²) in [4.78, 5) is 17.0. The van der Waals surface area contributed by atoms with Crippen LogP contribution in [0.4, 0.5) is 0 Å². The molecule has 16 heavy (non-hydrogen) atoms. The van der Waals surface area contributed by atoms with E-state index in [1.807, 2.05) is 18.3 Å². The van der Waals surface area contributed by atoms with Crippen molar-refractivity contribution in [1.82, 2.24) is 15.2 Å². The number of hydrogen-bond donors (Lipinski definition) is 2. The van der Waals surface area contributed by atoms with Crippen molar-refractivity contribution in [2.24, 2.45) is 0 Å². The number of hydrogen-bond acceptors (Lipinski definition) is 4. The highest BCUT2D eigenvalue weighted by Gasteiger charge is 2.24. The molecule has 2 N–H and O–H groups in total. The molecule has 0 unspecified atom stereocenters. The summed E-state index contributed by atoms with van der Waals surface area (Å²) in [6.07, 6.45) is 3.55. The fraction of sp³-hybridized carbons (Fsp3) is 0.455. The van der Waals surface area contributed by atoms with Gasteiger partial charge in [0.15, 0.2) is 0 Å². The van der Waals surface area contributed by atoms with E-state index >= 15 is 0 Å². The smallest absolute Gasteiger partial charge is 0.322 e. The van der Waals surface area contributed by atoms with Gasteiger partial charge in [-0.1, -0.05) is 6.07 Å². The van der Waals surface area contributed by atoms with Crippen molar-refractivity contribution in [1.29, 1.82) is 0 Å². The zero-order chi connectivity index (χ0) is 11.4. The Morgan fingerprint density at radius 3 is 3.25 bits per heavy atom. The summed E-state index contributed by atoms with van der Waals surface area (Å²) in [7, 11) is 0. The molecule has 1 saturated heterocycles. The Morgan fingerprint density at radius 1 is 1.69 bits per heavy atom. The molecule has 1 aliphatic heterocycles. The van der Waals surface area contributed by atoms with E-state index in [1.165, 1.54) is 0 Å². The highest BCUT2D eigenvalue weighted by molar-refractivity contribution is 5.73. The number of piperazine rings is 1. The van der Waals surface area contributed by atoms with Crippen LogP contribution in [-0.2, 0) is 11.3 Å². The van der Waals surface area contributed by atoms with E-state index < -0.39 is 12.0 Å². The van der Waals surface area contributed by atoms with E-state index in [1.54, 1.807) is 6.20 Å². The first kappa shape index (κ1) is 11.0. The van der Waals surface area contributed by atoms with Gasteiger partial charge in [-0.3, -0.25) is 14.7 Å². The van der Waals surface area contributed by atoms with Gasteiger partial charge in [-0.2, -0.15) is 0 Å². The summed E-state index contributed by atoms with van der Waals surface area (Å²) in [6, 6.07) is 3.45. The summed E-state index contributed by atoms with van der Waals surface area (Å²) in [5.74, 6) is -0.782. The fourth-order valence-corrected chi connectivity index (χ4v) is 1.87. The van der Waals surface area contributed by atoms with E-state index in [-0.39, 0.29) is 0 Å². The predicted molar refractivity (Wildman–Crippen MR) is 58.9 cm³/mol. The lowest BCUT2D eigenvalue weighted by Crippen LogP contribution is -2.53. The maximum atomic E-state index is 10.9. The number of carbonyl (C=O) groups is 1. The second-order valence-corrected chi connectivity index (χ2v) is 3.94. The number of aromatic nitrogens is 1. The van der Waals surface area contributed by atoms with Gasteiger partial charge in [0, 0.05) is 38.6 Å². The molecule has 0 saturated carbocycles. The third-order valence-electron chi connectivity index (χ3n) is 2.69. The Morgan fingerprint density at radius 2 is 2.56 bits per heavy atom. The minimum atomic E-state index is -0.782. The first-order chi connectivity index (χ1) is 7.75. The van der Waals surface area contributed by atoms with Crippen molar-refractivity contribution >= 4 is 5.97 Å². The van der Waals surface area contributed by atoms with Crippen LogP contribution in [0, 0.1) is 0 Å². The van der Waals surface area contributed by atoms with Crippen LogP contribution in [0.3, 0.4) is 0 Å². The lowest BCUT2D eigenvalue weighted by atomic mass is 10.2. The van der Waals surface area contributed by atoms with Crippen LogP contribution in [0.1, 0.15) is 5.56 Å². The molecule has 0 aliphatic carbocycles. The van der Waals surface area contributed by atoms with Gasteiger partial charge in [0.05, 0.1) is 0 Å². The summed E-state index contributed by atoms with van der Waals surface area (Å²) < 4.78 is 0. The van der Waals surface area contributed by atoms with Gasteiger partial charge in [0.1, 0.15) is 6.04 Å². The van der Waals surface area contributed by atoms with Crippen molar-refractivity contribution in [2.75, 3.05) is 19.6 Å². The summed E-state index contributed by atoms with van der Waals surface area (Å²) in [6.45, 7) is 2.90. The minimum absolute atomic E-state index is 0.453. The lowest BCUT2D eigenvalue weighted by molar-refractivity contribution is -0.140. The molecule has 5 nitrogen and oxygen atoms in total. The van der Waals surface area contributed by atoms with E-state index in [2.05, 4.69) is 15.2 Å². The molecule has 86 valence electrons. The molecule has 1 aromatic heterocycles. The Bertz CT molecular complexity index is 356. The Labute approximate surface area is 94.1 Å². The molecule has 1 aromatic rings. The second kappa shape index (κ2) is 5.05. The lowest BCUT2D eigenvalue weighted by Gasteiger charge is -2.31. The van der Waals surface area contributed by atoms with Gasteiger partial charge >= 0.3 is 5.97 Å². The van der Waals surface area contributed by atoms with E-state index in [9.17, 15) is 4.79 Å². The van der Waals surface area contributed by atoms with Gasteiger partial charge < -0.3 is 10.4 Å². The first-order valence-corrected chi connectivity index (χ1v) is 5.33. The number of aliphatic carboxylic acids is 1. The van der Waals surface area contributed by atoms with Crippen LogP contribution in [0.2, 0.25) is 0 Å². The molecule has 0 spiro atoms. The number of nitrogens with zero attached hydrogens (tertiary/aromatic N) is 2. The Balaban J connectivity index is 1.93. The fourth-order valence-electron chi connectivity index (χ4n) is 1.87. The van der Waals surface area contributed by atoms with Crippen LogP contribution >= 0.6 is 0 Å². The highest BCUT2D eigenvalue weighted by Crippen LogP contribution is 2.06. The topological polar surface area (TPSA) is 65.5 Å². The van der Waals surface area contributed by atoms with E-state index in [4.69, 9.17) is 5.11 Å². The van der Waals surface area contributed by atoms with Gasteiger partial charge in [0.25, 0.3) is 0 Å². The van der Waals surface area contributed by atoms with Gasteiger partial charge in [0.2, 0.25) is 0 Å². The molecule has 5 heteroatoms. The van der Waals surface area contributed by atoms with E-state index in [0.29, 0.717) is 6.54 Å². The molecule has 1 fully saturated rings. The maximum absolute atomic E-state index is 10.9. The minimum Gasteiger partial charge on any atom is -0.480 e. The number of nitrogens with one attached hydrogen (secondary N) is 1. The van der Waals surface area contributed by atoms with Gasteiger partial charge in [-0.15, -0.1) is 0 Å². The SMILES string of the molecule is O=C(O)[C@@H]1CN(Cc2cccnc2)CCN1. The highest BCUT2D eigenvalue weighted by atomic mass is 16.4. The average molecular weight is 221 g/mol. The average Bonchev–Trinajstić information content (AvgIpc) is 2.30. The van der Waals surface area contributed by atoms with Crippen molar-refractivity contribution in [3.63, 3.8) is 0 Å². The molecule has 0 radical (unpaired) electrons. The summed E-state index contributed by atoms with van der Waals surface area (Å²) in [5, 5.41) is 11.9. The Kier molecular flexibility index (Phi) is 3.48. The standard InChI is InChI=1S/C11H15N3O2/c15-11(16)10-8-14(5-4-13-10)7-9-2-1-3-12-6-9/h1-3,6,10,13H,4-5,7-8H2,(H,15,16)/t10-/m0/s1. The molecular formula is C11H15N3O2. The Hall–Kier alpha value is -1.46. The van der Waals surface area contributed by atoms with Crippen LogP contribution in [0.5, 0.6) is 0 Å². The van der Waals surface area contributed by atoms with Crippen molar-refractivity contribution < 1.29 is 9.90 Å². The normalized spacial score (nSPS) is 21.9.